The fraction of sp³-hybridized carbons (Fsp3) is 0.533. The molecule has 0 N–H and O–H groups in total. The van der Waals surface area contributed by atoms with Gasteiger partial charge in [-0.15, -0.1) is 0 Å². The molecule has 0 aliphatic carbocycles. The molecule has 2 unspecified atom stereocenters. The van der Waals surface area contributed by atoms with Gasteiger partial charge in [0.25, 0.3) is 0 Å². The number of carbonyl (C=O) groups excluding carboxylic acids is 2. The average Bonchev–Trinajstić information content (AvgIpc) is 2.82. The summed E-state index contributed by atoms with van der Waals surface area (Å²) in [6.45, 7) is 14.7. The van der Waals surface area contributed by atoms with Crippen molar-refractivity contribution in [2.75, 3.05) is 14.2 Å². The third-order valence-corrected chi connectivity index (χ3v) is 8.40. The molecule has 34 heavy (non-hydrogen) atoms. The number of ether oxygens (including phenoxy) is 2. The Bertz CT molecular complexity index is 922. The molecule has 0 saturated carbocycles. The van der Waals surface area contributed by atoms with Gasteiger partial charge >= 0.3 is 11.9 Å². The molecule has 2 aromatic carbocycles. The fourth-order valence-electron chi connectivity index (χ4n) is 5.64. The Balaban J connectivity index is 2.64. The number of carbonyl (C=O) groups is 2. The summed E-state index contributed by atoms with van der Waals surface area (Å²) in [5.41, 5.74) is 0.273. The van der Waals surface area contributed by atoms with Gasteiger partial charge in [-0.1, -0.05) is 102 Å². The van der Waals surface area contributed by atoms with Crippen LogP contribution in [0.15, 0.2) is 60.7 Å². The first-order valence-corrected chi connectivity index (χ1v) is 12.0. The molecule has 2 rings (SSSR count). The number of hydrogen-bond donors (Lipinski definition) is 0. The highest BCUT2D eigenvalue weighted by molar-refractivity contribution is 5.78. The van der Waals surface area contributed by atoms with Crippen LogP contribution in [0.3, 0.4) is 0 Å². The first kappa shape index (κ1) is 27.6. The van der Waals surface area contributed by atoms with Gasteiger partial charge in [-0.2, -0.15) is 0 Å². The maximum absolute atomic E-state index is 13.4. The number of methoxy groups -OCH3 is 2. The van der Waals surface area contributed by atoms with Crippen molar-refractivity contribution in [3.8, 4) is 0 Å². The summed E-state index contributed by atoms with van der Waals surface area (Å²) >= 11 is 0. The summed E-state index contributed by atoms with van der Waals surface area (Å²) in [5.74, 6) is -0.856. The third kappa shape index (κ3) is 5.06. The van der Waals surface area contributed by atoms with E-state index >= 15 is 0 Å². The van der Waals surface area contributed by atoms with Crippen molar-refractivity contribution < 1.29 is 19.1 Å². The van der Waals surface area contributed by atoms with Crippen molar-refractivity contribution >= 4 is 11.9 Å². The van der Waals surface area contributed by atoms with Crippen LogP contribution in [0.5, 0.6) is 0 Å². The molecular weight excluding hydrogens is 424 g/mol. The first-order chi connectivity index (χ1) is 15.8. The van der Waals surface area contributed by atoms with Gasteiger partial charge in [0.2, 0.25) is 0 Å². The molecule has 4 nitrogen and oxygen atoms in total. The summed E-state index contributed by atoms with van der Waals surface area (Å²) in [5, 5.41) is 0. The molecule has 4 heteroatoms. The van der Waals surface area contributed by atoms with Gasteiger partial charge in [0.15, 0.2) is 0 Å². The predicted molar refractivity (Wildman–Crippen MR) is 137 cm³/mol. The molecule has 0 fully saturated rings. The lowest BCUT2D eigenvalue weighted by Crippen LogP contribution is -2.51. The zero-order chi connectivity index (χ0) is 25.8. The average molecular weight is 467 g/mol. The number of rotatable bonds is 10. The van der Waals surface area contributed by atoms with E-state index < -0.39 is 10.8 Å². The molecule has 0 aromatic heterocycles. The minimum Gasteiger partial charge on any atom is -0.469 e. The van der Waals surface area contributed by atoms with Gasteiger partial charge in [-0.05, 0) is 41.7 Å². The molecule has 2 atom stereocenters. The number of esters is 2. The second-order valence-electron chi connectivity index (χ2n) is 11.3. The van der Waals surface area contributed by atoms with Gasteiger partial charge < -0.3 is 9.47 Å². The maximum atomic E-state index is 13.4. The summed E-state index contributed by atoms with van der Waals surface area (Å²) in [4.78, 5) is 25.7. The van der Waals surface area contributed by atoms with Crippen LogP contribution in [0.25, 0.3) is 0 Å². The first-order valence-electron chi connectivity index (χ1n) is 12.0. The second kappa shape index (κ2) is 10.3. The van der Waals surface area contributed by atoms with Crippen LogP contribution >= 0.6 is 0 Å². The molecule has 0 heterocycles. The fourth-order valence-corrected chi connectivity index (χ4v) is 5.64. The van der Waals surface area contributed by atoms with Crippen molar-refractivity contribution in [2.45, 2.75) is 66.7 Å². The van der Waals surface area contributed by atoms with Gasteiger partial charge in [0, 0.05) is 5.41 Å². The van der Waals surface area contributed by atoms with Crippen LogP contribution in [0, 0.1) is 22.2 Å². The van der Waals surface area contributed by atoms with Crippen LogP contribution in [-0.4, -0.2) is 26.2 Å². The quantitative estimate of drug-likeness (QED) is 0.361. The molecule has 0 amide bonds. The molecule has 0 bridgehead atoms. The second-order valence-corrected chi connectivity index (χ2v) is 11.3. The molecule has 0 aliphatic heterocycles. The molecule has 0 saturated heterocycles. The minimum absolute atomic E-state index is 0.258. The van der Waals surface area contributed by atoms with E-state index in [0.717, 1.165) is 0 Å². The van der Waals surface area contributed by atoms with E-state index in [9.17, 15) is 9.59 Å². The highest BCUT2D eigenvalue weighted by Gasteiger charge is 2.55. The Morgan fingerprint density at radius 1 is 0.735 bits per heavy atom. The van der Waals surface area contributed by atoms with Crippen LogP contribution in [-0.2, 0) is 24.5 Å². The Hall–Kier alpha value is -2.62. The summed E-state index contributed by atoms with van der Waals surface area (Å²) in [7, 11) is 2.85. The Morgan fingerprint density at radius 3 is 1.56 bits per heavy atom. The third-order valence-electron chi connectivity index (χ3n) is 8.40. The van der Waals surface area contributed by atoms with Crippen molar-refractivity contribution in [1.82, 2.24) is 0 Å². The van der Waals surface area contributed by atoms with Gasteiger partial charge in [0.05, 0.1) is 25.6 Å². The van der Waals surface area contributed by atoms with Crippen molar-refractivity contribution in [2.24, 2.45) is 22.2 Å². The van der Waals surface area contributed by atoms with E-state index in [0.29, 0.717) is 12.8 Å². The Kier molecular flexibility index (Phi) is 8.39. The van der Waals surface area contributed by atoms with Crippen molar-refractivity contribution in [1.29, 1.82) is 0 Å². The van der Waals surface area contributed by atoms with E-state index in [-0.39, 0.29) is 28.7 Å². The minimum atomic E-state index is -0.849. The molecule has 186 valence electrons. The number of hydrogen-bond acceptors (Lipinski definition) is 4. The summed E-state index contributed by atoms with van der Waals surface area (Å²) in [6, 6.07) is 21.0. The molecular formula is C30H42O4. The molecule has 0 spiro atoms. The zero-order valence-corrected chi connectivity index (χ0v) is 22.4. The van der Waals surface area contributed by atoms with Crippen LogP contribution < -0.4 is 0 Å². The van der Waals surface area contributed by atoms with Crippen molar-refractivity contribution in [3.05, 3.63) is 71.8 Å². The lowest BCUT2D eigenvalue weighted by Gasteiger charge is -2.53. The van der Waals surface area contributed by atoms with E-state index in [1.165, 1.54) is 25.3 Å². The largest absolute Gasteiger partial charge is 0.469 e. The zero-order valence-electron chi connectivity index (χ0n) is 22.4. The highest BCUT2D eigenvalue weighted by atomic mass is 16.5. The molecule has 2 aromatic rings. The summed E-state index contributed by atoms with van der Waals surface area (Å²) in [6.07, 6.45) is 1.07. The van der Waals surface area contributed by atoms with E-state index in [1.54, 1.807) is 0 Å². The standard InChI is InChI=1S/C30H42O4/c1-22(25(31)33-8)20-27(2,3)29(6,26(32)34-9)21-28(4,5)30(7,23-16-12-10-13-17-23)24-18-14-11-15-19-24/h10-19,22H,20-21H2,1-9H3. The van der Waals surface area contributed by atoms with Crippen molar-refractivity contribution in [3.63, 3.8) is 0 Å². The highest BCUT2D eigenvalue weighted by Crippen LogP contribution is 2.57. The topological polar surface area (TPSA) is 52.6 Å². The Morgan fingerprint density at radius 2 is 1.18 bits per heavy atom. The smallest absolute Gasteiger partial charge is 0.312 e. The number of benzene rings is 2. The SMILES string of the molecule is COC(=O)C(C)CC(C)(C)C(C)(CC(C)(C)C(C)(c1ccccc1)c1ccccc1)C(=O)OC. The summed E-state index contributed by atoms with van der Waals surface area (Å²) < 4.78 is 10.4. The molecule has 0 aliphatic rings. The van der Waals surface area contributed by atoms with Crippen LogP contribution in [0.1, 0.15) is 72.4 Å². The normalized spacial score (nSPS) is 15.2. The van der Waals surface area contributed by atoms with Gasteiger partial charge in [-0.25, -0.2) is 0 Å². The lowest BCUT2D eigenvalue weighted by molar-refractivity contribution is -0.166. The van der Waals surface area contributed by atoms with E-state index in [4.69, 9.17) is 9.47 Å². The predicted octanol–water partition coefficient (Wildman–Crippen LogP) is 6.81. The van der Waals surface area contributed by atoms with E-state index in [1.807, 2.05) is 26.0 Å². The van der Waals surface area contributed by atoms with Crippen LogP contribution in [0.4, 0.5) is 0 Å². The van der Waals surface area contributed by atoms with Gasteiger partial charge in [-0.3, -0.25) is 9.59 Å². The lowest BCUT2D eigenvalue weighted by atomic mass is 9.50. The monoisotopic (exact) mass is 466 g/mol. The maximum Gasteiger partial charge on any atom is 0.312 e. The Labute approximate surface area is 206 Å². The molecule has 0 radical (unpaired) electrons. The van der Waals surface area contributed by atoms with Gasteiger partial charge in [0.1, 0.15) is 0 Å². The van der Waals surface area contributed by atoms with E-state index in [2.05, 4.69) is 83.1 Å². The van der Waals surface area contributed by atoms with Crippen LogP contribution in [0.2, 0.25) is 0 Å².